The second-order valence-corrected chi connectivity index (χ2v) is 6.19. The number of ether oxygens (including phenoxy) is 1. The number of piperidine rings is 1. The van der Waals surface area contributed by atoms with E-state index in [9.17, 15) is 4.79 Å². The number of rotatable bonds is 5. The summed E-state index contributed by atoms with van der Waals surface area (Å²) in [4.78, 5) is 19.3. The van der Waals surface area contributed by atoms with Crippen LogP contribution in [0.4, 0.5) is 0 Å². The molecule has 2 heterocycles. The van der Waals surface area contributed by atoms with Crippen molar-refractivity contribution in [3.05, 3.63) is 42.1 Å². The second-order valence-electron chi connectivity index (χ2n) is 6.19. The number of carbonyl (C=O) groups excluding carboxylic acids is 1. The third-order valence-corrected chi connectivity index (χ3v) is 4.62. The third-order valence-electron chi connectivity index (χ3n) is 4.62. The minimum Gasteiger partial charge on any atom is -0.385 e. The van der Waals surface area contributed by atoms with Crippen molar-refractivity contribution in [1.29, 1.82) is 0 Å². The molecule has 1 aliphatic rings. The predicted octanol–water partition coefficient (Wildman–Crippen LogP) is 3.66. The van der Waals surface area contributed by atoms with Crippen molar-refractivity contribution in [3.63, 3.8) is 0 Å². The van der Waals surface area contributed by atoms with Gasteiger partial charge >= 0.3 is 0 Å². The van der Waals surface area contributed by atoms with E-state index in [1.54, 1.807) is 13.3 Å². The lowest BCUT2D eigenvalue weighted by Gasteiger charge is -2.36. The highest BCUT2D eigenvalue weighted by molar-refractivity contribution is 5.98. The first-order chi connectivity index (χ1) is 11.3. The van der Waals surface area contributed by atoms with E-state index < -0.39 is 0 Å². The number of aromatic nitrogens is 1. The molecule has 4 nitrogen and oxygen atoms in total. The van der Waals surface area contributed by atoms with Crippen molar-refractivity contribution in [2.75, 3.05) is 20.3 Å². The zero-order valence-electron chi connectivity index (χ0n) is 13.7. The lowest BCUT2D eigenvalue weighted by molar-refractivity contribution is 0.0585. The molecule has 0 spiro atoms. The summed E-state index contributed by atoms with van der Waals surface area (Å²) in [7, 11) is 1.73. The number of fused-ring (bicyclic) bond motifs is 1. The monoisotopic (exact) mass is 312 g/mol. The van der Waals surface area contributed by atoms with Gasteiger partial charge in [0.25, 0.3) is 5.91 Å². The molecule has 1 aromatic carbocycles. The van der Waals surface area contributed by atoms with Crippen molar-refractivity contribution in [2.45, 2.75) is 38.1 Å². The van der Waals surface area contributed by atoms with Gasteiger partial charge < -0.3 is 9.64 Å². The molecule has 3 rings (SSSR count). The second kappa shape index (κ2) is 7.55. The Morgan fingerprint density at radius 3 is 3.13 bits per heavy atom. The van der Waals surface area contributed by atoms with E-state index in [-0.39, 0.29) is 5.91 Å². The van der Waals surface area contributed by atoms with Gasteiger partial charge in [0.15, 0.2) is 0 Å². The van der Waals surface area contributed by atoms with Gasteiger partial charge in [-0.15, -0.1) is 0 Å². The summed E-state index contributed by atoms with van der Waals surface area (Å²) in [6.07, 6.45) is 7.22. The molecule has 1 unspecified atom stereocenters. The van der Waals surface area contributed by atoms with Crippen LogP contribution in [-0.4, -0.2) is 42.1 Å². The molecule has 0 aliphatic carbocycles. The average molecular weight is 312 g/mol. The van der Waals surface area contributed by atoms with Crippen molar-refractivity contribution >= 4 is 16.8 Å². The van der Waals surface area contributed by atoms with E-state index in [1.165, 1.54) is 6.42 Å². The van der Waals surface area contributed by atoms with Gasteiger partial charge in [0, 0.05) is 43.4 Å². The number of hydrogen-bond acceptors (Lipinski definition) is 3. The zero-order chi connectivity index (χ0) is 16.1. The van der Waals surface area contributed by atoms with Crippen LogP contribution in [0.5, 0.6) is 0 Å². The highest BCUT2D eigenvalue weighted by atomic mass is 16.5. The summed E-state index contributed by atoms with van der Waals surface area (Å²) >= 11 is 0. The molecule has 1 atom stereocenters. The quantitative estimate of drug-likeness (QED) is 0.791. The van der Waals surface area contributed by atoms with E-state index in [1.807, 2.05) is 30.3 Å². The molecule has 0 bridgehead atoms. The van der Waals surface area contributed by atoms with E-state index in [4.69, 9.17) is 4.74 Å². The molecule has 0 N–H and O–H groups in total. The summed E-state index contributed by atoms with van der Waals surface area (Å²) in [5, 5.41) is 1.02. The Hall–Kier alpha value is -1.94. The summed E-state index contributed by atoms with van der Waals surface area (Å²) in [6, 6.07) is 10.1. The molecule has 4 heteroatoms. The van der Waals surface area contributed by atoms with Gasteiger partial charge in [-0.3, -0.25) is 9.78 Å². The van der Waals surface area contributed by atoms with Crippen molar-refractivity contribution in [3.8, 4) is 0 Å². The smallest absolute Gasteiger partial charge is 0.254 e. The number of benzene rings is 1. The Morgan fingerprint density at radius 1 is 1.35 bits per heavy atom. The molecule has 23 heavy (non-hydrogen) atoms. The minimum atomic E-state index is 0.151. The van der Waals surface area contributed by atoms with Crippen LogP contribution in [-0.2, 0) is 4.74 Å². The fraction of sp³-hybridized carbons (Fsp3) is 0.474. The Labute approximate surface area is 137 Å². The summed E-state index contributed by atoms with van der Waals surface area (Å²) < 4.78 is 5.15. The van der Waals surface area contributed by atoms with Crippen molar-refractivity contribution in [2.24, 2.45) is 0 Å². The molecule has 1 aliphatic heterocycles. The van der Waals surface area contributed by atoms with Crippen molar-refractivity contribution < 1.29 is 9.53 Å². The molecular formula is C19H24N2O2. The number of amides is 1. The Balaban J connectivity index is 1.77. The van der Waals surface area contributed by atoms with Crippen LogP contribution in [0, 0.1) is 0 Å². The molecule has 1 saturated heterocycles. The van der Waals surface area contributed by atoms with Crippen LogP contribution in [0.3, 0.4) is 0 Å². The van der Waals surface area contributed by atoms with Gasteiger partial charge in [-0.05, 0) is 56.4 Å². The molecule has 1 aromatic heterocycles. The van der Waals surface area contributed by atoms with Crippen molar-refractivity contribution in [1.82, 2.24) is 9.88 Å². The molecular weight excluding hydrogens is 288 g/mol. The van der Waals surface area contributed by atoms with Crippen LogP contribution in [0.25, 0.3) is 10.9 Å². The summed E-state index contributed by atoms with van der Waals surface area (Å²) in [5.74, 6) is 0.151. The number of pyridine rings is 1. The molecule has 0 saturated carbocycles. The summed E-state index contributed by atoms with van der Waals surface area (Å²) in [5.41, 5.74) is 1.70. The largest absolute Gasteiger partial charge is 0.385 e. The predicted molar refractivity (Wildman–Crippen MR) is 91.5 cm³/mol. The lowest BCUT2D eigenvalue weighted by atomic mass is 9.96. The van der Waals surface area contributed by atoms with E-state index in [0.29, 0.717) is 6.04 Å². The highest BCUT2D eigenvalue weighted by Crippen LogP contribution is 2.24. The first-order valence-electron chi connectivity index (χ1n) is 8.44. The zero-order valence-corrected chi connectivity index (χ0v) is 13.7. The maximum absolute atomic E-state index is 13.0. The fourth-order valence-corrected chi connectivity index (χ4v) is 3.41. The number of methoxy groups -OCH3 is 1. The average Bonchev–Trinajstić information content (AvgIpc) is 2.61. The number of likely N-dealkylation sites (tertiary alicyclic amines) is 1. The van der Waals surface area contributed by atoms with Crippen LogP contribution in [0.1, 0.15) is 42.5 Å². The van der Waals surface area contributed by atoms with Crippen LogP contribution in [0.15, 0.2) is 36.5 Å². The molecule has 122 valence electrons. The SMILES string of the molecule is COCCCC1CCCCN1C(=O)c1ccc2ncccc2c1. The molecule has 2 aromatic rings. The van der Waals surface area contributed by atoms with Crippen LogP contribution >= 0.6 is 0 Å². The lowest BCUT2D eigenvalue weighted by Crippen LogP contribution is -2.43. The standard InChI is InChI=1S/C19H24N2O2/c1-23-13-5-8-17-7-2-3-12-21(17)19(22)16-9-10-18-15(14-16)6-4-11-20-18/h4,6,9-11,14,17H,2-3,5,7-8,12-13H2,1H3. The van der Waals surface area contributed by atoms with E-state index in [0.717, 1.165) is 55.3 Å². The van der Waals surface area contributed by atoms with Crippen LogP contribution < -0.4 is 0 Å². The topological polar surface area (TPSA) is 42.4 Å². The van der Waals surface area contributed by atoms with Gasteiger partial charge in [-0.25, -0.2) is 0 Å². The number of hydrogen-bond donors (Lipinski definition) is 0. The number of nitrogens with zero attached hydrogens (tertiary/aromatic N) is 2. The first-order valence-corrected chi connectivity index (χ1v) is 8.44. The van der Waals surface area contributed by atoms with Crippen LogP contribution in [0.2, 0.25) is 0 Å². The fourth-order valence-electron chi connectivity index (χ4n) is 3.41. The molecule has 0 radical (unpaired) electrons. The van der Waals surface area contributed by atoms with Gasteiger partial charge in [-0.1, -0.05) is 6.07 Å². The van der Waals surface area contributed by atoms with E-state index in [2.05, 4.69) is 9.88 Å². The normalized spacial score (nSPS) is 18.3. The number of carbonyl (C=O) groups is 1. The highest BCUT2D eigenvalue weighted by Gasteiger charge is 2.27. The third kappa shape index (κ3) is 3.70. The maximum Gasteiger partial charge on any atom is 0.254 e. The van der Waals surface area contributed by atoms with Gasteiger partial charge in [-0.2, -0.15) is 0 Å². The first kappa shape index (κ1) is 15.9. The van der Waals surface area contributed by atoms with Gasteiger partial charge in [0.1, 0.15) is 0 Å². The van der Waals surface area contributed by atoms with Gasteiger partial charge in [0.2, 0.25) is 0 Å². The molecule has 1 amide bonds. The minimum absolute atomic E-state index is 0.151. The molecule has 1 fully saturated rings. The van der Waals surface area contributed by atoms with Gasteiger partial charge in [0.05, 0.1) is 5.52 Å². The van der Waals surface area contributed by atoms with E-state index >= 15 is 0 Å². The Bertz CT molecular complexity index is 671. The Kier molecular flexibility index (Phi) is 5.23. The summed E-state index contributed by atoms with van der Waals surface area (Å²) in [6.45, 7) is 1.63. The maximum atomic E-state index is 13.0. The Morgan fingerprint density at radius 2 is 2.26 bits per heavy atom.